The summed E-state index contributed by atoms with van der Waals surface area (Å²) < 4.78 is 5.01. The van der Waals surface area contributed by atoms with Gasteiger partial charge in [-0.3, -0.25) is 14.5 Å². The second-order valence-corrected chi connectivity index (χ2v) is 5.22. The molecule has 1 aliphatic heterocycles. The van der Waals surface area contributed by atoms with Crippen LogP contribution < -0.4 is 4.74 Å². The number of thioether (sulfide) groups is 1. The lowest BCUT2D eigenvalue weighted by Gasteiger charge is -2.09. The van der Waals surface area contributed by atoms with E-state index in [1.807, 2.05) is 6.92 Å². The second-order valence-electron chi connectivity index (χ2n) is 4.23. The van der Waals surface area contributed by atoms with E-state index in [-0.39, 0.29) is 16.9 Å². The van der Waals surface area contributed by atoms with Gasteiger partial charge in [0.2, 0.25) is 0 Å². The third-order valence-corrected chi connectivity index (χ3v) is 3.76. The van der Waals surface area contributed by atoms with Gasteiger partial charge in [-0.25, -0.2) is 0 Å². The second kappa shape index (κ2) is 6.00. The topological polar surface area (TPSA) is 66.8 Å². The van der Waals surface area contributed by atoms with Gasteiger partial charge in [0, 0.05) is 12.1 Å². The lowest BCUT2D eigenvalue weighted by molar-refractivity contribution is -0.122. The van der Waals surface area contributed by atoms with Gasteiger partial charge >= 0.3 is 0 Å². The van der Waals surface area contributed by atoms with Crippen LogP contribution in [0.4, 0.5) is 4.79 Å². The van der Waals surface area contributed by atoms with Crippen LogP contribution in [0.2, 0.25) is 0 Å². The molecule has 0 radical (unpaired) electrons. The molecule has 5 nitrogen and oxygen atoms in total. The van der Waals surface area contributed by atoms with Gasteiger partial charge in [-0.1, -0.05) is 19.1 Å². The minimum atomic E-state index is -0.316. The molecule has 0 bridgehead atoms. The first kappa shape index (κ1) is 14.5. The minimum absolute atomic E-state index is 0.0442. The fourth-order valence-electron chi connectivity index (χ4n) is 1.88. The van der Waals surface area contributed by atoms with Crippen LogP contribution in [0.5, 0.6) is 11.5 Å². The number of ether oxygens (including phenoxy) is 1. The average molecular weight is 293 g/mol. The maximum atomic E-state index is 12.1. The number of phenolic OH excluding ortho intramolecular Hbond substituents is 1. The van der Waals surface area contributed by atoms with E-state index in [0.717, 1.165) is 18.2 Å². The molecule has 1 aromatic carbocycles. The number of carbonyl (C=O) groups is 2. The molecule has 0 aliphatic carbocycles. The molecule has 2 rings (SSSR count). The molecular formula is C14H15NO4S. The van der Waals surface area contributed by atoms with Crippen molar-refractivity contribution in [3.63, 3.8) is 0 Å². The number of amides is 2. The van der Waals surface area contributed by atoms with Gasteiger partial charge in [-0.15, -0.1) is 0 Å². The molecule has 1 aliphatic rings. The number of hydrogen-bond acceptors (Lipinski definition) is 5. The van der Waals surface area contributed by atoms with Crippen LogP contribution in [0.25, 0.3) is 6.08 Å². The van der Waals surface area contributed by atoms with Gasteiger partial charge in [0.1, 0.15) is 0 Å². The third-order valence-electron chi connectivity index (χ3n) is 2.86. The smallest absolute Gasteiger partial charge is 0.293 e. The molecular weight excluding hydrogens is 278 g/mol. The van der Waals surface area contributed by atoms with Crippen molar-refractivity contribution in [3.8, 4) is 11.5 Å². The quantitative estimate of drug-likeness (QED) is 0.865. The first-order valence-electron chi connectivity index (χ1n) is 6.19. The van der Waals surface area contributed by atoms with Crippen molar-refractivity contribution in [1.29, 1.82) is 0 Å². The van der Waals surface area contributed by atoms with Crippen LogP contribution in [0, 0.1) is 0 Å². The number of nitrogens with zero attached hydrogens (tertiary/aromatic N) is 1. The number of imide groups is 1. The zero-order valence-corrected chi connectivity index (χ0v) is 12.1. The van der Waals surface area contributed by atoms with Crippen LogP contribution in [0.1, 0.15) is 18.9 Å². The van der Waals surface area contributed by atoms with Crippen LogP contribution >= 0.6 is 11.8 Å². The number of phenols is 1. The van der Waals surface area contributed by atoms with E-state index >= 15 is 0 Å². The summed E-state index contributed by atoms with van der Waals surface area (Å²) in [5.74, 6) is -0.0344. The monoisotopic (exact) mass is 293 g/mol. The Morgan fingerprint density at radius 3 is 2.80 bits per heavy atom. The highest BCUT2D eigenvalue weighted by Gasteiger charge is 2.34. The molecule has 0 aromatic heterocycles. The van der Waals surface area contributed by atoms with Crippen molar-refractivity contribution >= 4 is 29.0 Å². The van der Waals surface area contributed by atoms with Gasteiger partial charge in [-0.05, 0) is 30.3 Å². The highest BCUT2D eigenvalue weighted by molar-refractivity contribution is 8.18. The number of aromatic hydroxyl groups is 1. The zero-order valence-electron chi connectivity index (χ0n) is 11.3. The maximum absolute atomic E-state index is 12.1. The van der Waals surface area contributed by atoms with Crippen molar-refractivity contribution in [2.75, 3.05) is 13.7 Å². The summed E-state index contributed by atoms with van der Waals surface area (Å²) in [5.41, 5.74) is 0.450. The summed E-state index contributed by atoms with van der Waals surface area (Å²) in [4.78, 5) is 25.3. The number of para-hydroxylation sites is 1. The fraction of sp³-hybridized carbons (Fsp3) is 0.286. The summed E-state index contributed by atoms with van der Waals surface area (Å²) in [6, 6.07) is 4.99. The number of carbonyl (C=O) groups excluding carboxylic acids is 2. The fourth-order valence-corrected chi connectivity index (χ4v) is 2.73. The number of rotatable bonds is 4. The van der Waals surface area contributed by atoms with Crippen molar-refractivity contribution in [3.05, 3.63) is 28.7 Å². The van der Waals surface area contributed by atoms with Crippen LogP contribution in [-0.2, 0) is 4.79 Å². The molecule has 106 valence electrons. The lowest BCUT2D eigenvalue weighted by atomic mass is 10.1. The Kier molecular flexibility index (Phi) is 4.34. The number of benzene rings is 1. The molecule has 2 amide bonds. The predicted molar refractivity (Wildman–Crippen MR) is 77.6 cm³/mol. The van der Waals surface area contributed by atoms with E-state index in [1.54, 1.807) is 18.2 Å². The number of hydrogen-bond donors (Lipinski definition) is 1. The van der Waals surface area contributed by atoms with E-state index in [9.17, 15) is 14.7 Å². The van der Waals surface area contributed by atoms with Gasteiger partial charge in [-0.2, -0.15) is 0 Å². The van der Waals surface area contributed by atoms with E-state index in [4.69, 9.17) is 4.74 Å². The molecule has 1 saturated heterocycles. The standard InChI is InChI=1S/C14H15NO4S/c1-3-7-15-13(17)11(20-14(15)18)8-9-5-4-6-10(19-2)12(9)16/h4-6,8,16H,3,7H2,1-2H3/b11-8-. The van der Waals surface area contributed by atoms with Crippen molar-refractivity contribution < 1.29 is 19.4 Å². The Morgan fingerprint density at radius 2 is 2.15 bits per heavy atom. The Morgan fingerprint density at radius 1 is 1.40 bits per heavy atom. The Hall–Kier alpha value is -1.95. The van der Waals surface area contributed by atoms with Crippen LogP contribution in [0.15, 0.2) is 23.1 Å². The SMILES string of the molecule is CCCN1C(=O)S/C(=C\c2cccc(OC)c2O)C1=O. The number of methoxy groups -OCH3 is 1. The molecule has 1 heterocycles. The van der Waals surface area contributed by atoms with E-state index in [0.29, 0.717) is 22.8 Å². The minimum Gasteiger partial charge on any atom is -0.504 e. The van der Waals surface area contributed by atoms with E-state index in [2.05, 4.69) is 0 Å². The van der Waals surface area contributed by atoms with Gasteiger partial charge in [0.15, 0.2) is 11.5 Å². The Balaban J connectivity index is 2.33. The Bertz CT molecular complexity index is 583. The summed E-state index contributed by atoms with van der Waals surface area (Å²) >= 11 is 0.885. The summed E-state index contributed by atoms with van der Waals surface area (Å²) in [6.07, 6.45) is 2.23. The molecule has 0 unspecified atom stereocenters. The van der Waals surface area contributed by atoms with Crippen LogP contribution in [0.3, 0.4) is 0 Å². The molecule has 1 N–H and O–H groups in total. The lowest BCUT2D eigenvalue weighted by Crippen LogP contribution is -2.28. The van der Waals surface area contributed by atoms with Gasteiger partial charge < -0.3 is 9.84 Å². The van der Waals surface area contributed by atoms with Crippen LogP contribution in [-0.4, -0.2) is 34.8 Å². The third kappa shape index (κ3) is 2.65. The summed E-state index contributed by atoms with van der Waals surface area (Å²) in [7, 11) is 1.45. The van der Waals surface area contributed by atoms with E-state index in [1.165, 1.54) is 18.1 Å². The first-order chi connectivity index (χ1) is 9.58. The predicted octanol–water partition coefficient (Wildman–Crippen LogP) is 2.85. The molecule has 6 heteroatoms. The summed E-state index contributed by atoms with van der Waals surface area (Å²) in [6.45, 7) is 2.31. The summed E-state index contributed by atoms with van der Waals surface area (Å²) in [5, 5.41) is 9.71. The maximum Gasteiger partial charge on any atom is 0.293 e. The average Bonchev–Trinajstić information content (AvgIpc) is 2.69. The van der Waals surface area contributed by atoms with Crippen molar-refractivity contribution in [1.82, 2.24) is 4.90 Å². The first-order valence-corrected chi connectivity index (χ1v) is 7.01. The van der Waals surface area contributed by atoms with Gasteiger partial charge in [0.25, 0.3) is 11.1 Å². The zero-order chi connectivity index (χ0) is 14.7. The molecule has 1 aromatic rings. The van der Waals surface area contributed by atoms with Crippen molar-refractivity contribution in [2.24, 2.45) is 0 Å². The Labute approximate surface area is 121 Å². The normalized spacial score (nSPS) is 17.1. The molecule has 0 atom stereocenters. The van der Waals surface area contributed by atoms with Gasteiger partial charge in [0.05, 0.1) is 12.0 Å². The largest absolute Gasteiger partial charge is 0.504 e. The molecule has 1 fully saturated rings. The molecule has 0 spiro atoms. The van der Waals surface area contributed by atoms with Crippen molar-refractivity contribution in [2.45, 2.75) is 13.3 Å². The molecule has 0 saturated carbocycles. The highest BCUT2D eigenvalue weighted by Crippen LogP contribution is 2.36. The van der Waals surface area contributed by atoms with E-state index < -0.39 is 0 Å². The molecule has 20 heavy (non-hydrogen) atoms. The highest BCUT2D eigenvalue weighted by atomic mass is 32.2.